The molecule has 180 valence electrons. The predicted octanol–water partition coefficient (Wildman–Crippen LogP) is 4.42. The van der Waals surface area contributed by atoms with Gasteiger partial charge in [-0.05, 0) is 61.4 Å². The number of amides is 2. The largest absolute Gasteiger partial charge is 0.494 e. The second kappa shape index (κ2) is 12.3. The van der Waals surface area contributed by atoms with Crippen molar-refractivity contribution in [1.82, 2.24) is 0 Å². The molecule has 3 rings (SSSR count). The number of anilines is 2. The van der Waals surface area contributed by atoms with Crippen molar-refractivity contribution in [3.63, 3.8) is 0 Å². The Morgan fingerprint density at radius 3 is 2.29 bits per heavy atom. The number of hydrogen-bond donors (Lipinski definition) is 2. The fourth-order valence-corrected chi connectivity index (χ4v) is 3.93. The topological polar surface area (TPSA) is 113 Å². The zero-order valence-corrected chi connectivity index (χ0v) is 20.3. The number of Topliss-reactive ketones (excluding diaryl/α,β-unsaturated/α-hetero) is 1. The number of ketones is 1. The SMILES string of the molecule is O=C(O)CCCCCCCOc1ccc(NC(=O)C2C(=O)CN(c3ccc(Br)cc3)C2=O)cc1. The number of carboxylic acids is 1. The van der Waals surface area contributed by atoms with Gasteiger partial charge in [-0.1, -0.05) is 35.2 Å². The van der Waals surface area contributed by atoms with Crippen LogP contribution in [0, 0.1) is 5.92 Å². The highest BCUT2D eigenvalue weighted by atomic mass is 79.9. The van der Waals surface area contributed by atoms with Crippen LogP contribution < -0.4 is 15.0 Å². The summed E-state index contributed by atoms with van der Waals surface area (Å²) < 4.78 is 6.54. The molecule has 1 aliphatic heterocycles. The van der Waals surface area contributed by atoms with Crippen molar-refractivity contribution in [1.29, 1.82) is 0 Å². The molecule has 2 amide bonds. The molecule has 0 aromatic heterocycles. The van der Waals surface area contributed by atoms with Crippen molar-refractivity contribution >= 4 is 50.9 Å². The lowest BCUT2D eigenvalue weighted by Gasteiger charge is -2.15. The molecule has 1 unspecified atom stereocenters. The van der Waals surface area contributed by atoms with Gasteiger partial charge in [0.05, 0.1) is 13.2 Å². The monoisotopic (exact) mass is 530 g/mol. The van der Waals surface area contributed by atoms with E-state index in [1.54, 1.807) is 48.5 Å². The molecule has 2 N–H and O–H groups in total. The molecule has 2 aromatic rings. The number of carbonyl (C=O) groups is 4. The fourth-order valence-electron chi connectivity index (χ4n) is 3.66. The van der Waals surface area contributed by atoms with Gasteiger partial charge in [0, 0.05) is 22.3 Å². The molecule has 34 heavy (non-hydrogen) atoms. The summed E-state index contributed by atoms with van der Waals surface area (Å²) in [6.07, 6.45) is 4.61. The van der Waals surface area contributed by atoms with Gasteiger partial charge in [-0.25, -0.2) is 0 Å². The maximum atomic E-state index is 12.7. The Morgan fingerprint density at radius 2 is 1.62 bits per heavy atom. The van der Waals surface area contributed by atoms with Crippen molar-refractivity contribution < 1.29 is 29.0 Å². The number of unbranched alkanes of at least 4 members (excludes halogenated alkanes) is 4. The minimum atomic E-state index is -1.37. The van der Waals surface area contributed by atoms with Crippen LogP contribution in [0.3, 0.4) is 0 Å². The Balaban J connectivity index is 1.43. The first-order valence-corrected chi connectivity index (χ1v) is 12.0. The standard InChI is InChI=1S/C25H27BrN2O6/c26-17-7-11-19(12-8-17)28-16-21(29)23(25(28)33)24(32)27-18-9-13-20(14-10-18)34-15-5-3-1-2-4-6-22(30)31/h7-14,23H,1-6,15-16H2,(H,27,32)(H,30,31). The number of rotatable bonds is 12. The summed E-state index contributed by atoms with van der Waals surface area (Å²) in [7, 11) is 0. The van der Waals surface area contributed by atoms with Crippen LogP contribution in [0.5, 0.6) is 5.75 Å². The van der Waals surface area contributed by atoms with Crippen LogP contribution in [0.15, 0.2) is 53.0 Å². The summed E-state index contributed by atoms with van der Waals surface area (Å²) in [6.45, 7) is 0.409. The fraction of sp³-hybridized carbons (Fsp3) is 0.360. The molecule has 1 atom stereocenters. The molecule has 9 heteroatoms. The van der Waals surface area contributed by atoms with E-state index in [1.807, 2.05) is 0 Å². The highest BCUT2D eigenvalue weighted by molar-refractivity contribution is 9.10. The van der Waals surface area contributed by atoms with Crippen LogP contribution in [0.25, 0.3) is 0 Å². The van der Waals surface area contributed by atoms with Gasteiger partial charge in [0.2, 0.25) is 11.8 Å². The summed E-state index contributed by atoms with van der Waals surface area (Å²) in [4.78, 5) is 49.6. The lowest BCUT2D eigenvalue weighted by atomic mass is 10.1. The van der Waals surface area contributed by atoms with Crippen molar-refractivity contribution in [2.75, 3.05) is 23.4 Å². The molecule has 2 aromatic carbocycles. The maximum absolute atomic E-state index is 12.7. The molecule has 0 spiro atoms. The number of hydrogen-bond acceptors (Lipinski definition) is 5. The molecule has 1 fully saturated rings. The Hall–Kier alpha value is -3.20. The van der Waals surface area contributed by atoms with Gasteiger partial charge in [-0.2, -0.15) is 0 Å². The van der Waals surface area contributed by atoms with E-state index in [-0.39, 0.29) is 13.0 Å². The Bertz CT molecular complexity index is 1020. The van der Waals surface area contributed by atoms with Gasteiger partial charge >= 0.3 is 5.97 Å². The van der Waals surface area contributed by atoms with E-state index < -0.39 is 29.5 Å². The van der Waals surface area contributed by atoms with E-state index in [0.29, 0.717) is 30.2 Å². The van der Waals surface area contributed by atoms with Gasteiger partial charge in [-0.3, -0.25) is 19.2 Å². The van der Waals surface area contributed by atoms with Crippen LogP contribution in [0.4, 0.5) is 11.4 Å². The van der Waals surface area contributed by atoms with Crippen LogP contribution in [0.2, 0.25) is 0 Å². The second-order valence-corrected chi connectivity index (χ2v) is 8.99. The number of ether oxygens (including phenoxy) is 1. The molecule has 0 aliphatic carbocycles. The number of nitrogens with zero attached hydrogens (tertiary/aromatic N) is 1. The lowest BCUT2D eigenvalue weighted by molar-refractivity contribution is -0.137. The average molecular weight is 531 g/mol. The zero-order valence-electron chi connectivity index (χ0n) is 18.7. The summed E-state index contributed by atoms with van der Waals surface area (Å²) in [5.41, 5.74) is 1.04. The Morgan fingerprint density at radius 1 is 0.971 bits per heavy atom. The number of carboxylic acid groups (broad SMARTS) is 1. The van der Waals surface area contributed by atoms with E-state index in [4.69, 9.17) is 9.84 Å². The van der Waals surface area contributed by atoms with Gasteiger partial charge in [0.1, 0.15) is 5.75 Å². The van der Waals surface area contributed by atoms with E-state index in [2.05, 4.69) is 21.2 Å². The summed E-state index contributed by atoms with van der Waals surface area (Å²) >= 11 is 3.33. The van der Waals surface area contributed by atoms with E-state index in [0.717, 1.165) is 30.2 Å². The first-order chi connectivity index (χ1) is 16.3. The maximum Gasteiger partial charge on any atom is 0.303 e. The molecule has 1 heterocycles. The molecular weight excluding hydrogens is 504 g/mol. The third-order valence-electron chi connectivity index (χ3n) is 5.47. The minimum Gasteiger partial charge on any atom is -0.494 e. The first-order valence-electron chi connectivity index (χ1n) is 11.2. The lowest BCUT2D eigenvalue weighted by Crippen LogP contribution is -2.34. The van der Waals surface area contributed by atoms with E-state index in [9.17, 15) is 19.2 Å². The average Bonchev–Trinajstić information content (AvgIpc) is 3.10. The van der Waals surface area contributed by atoms with Gasteiger partial charge < -0.3 is 20.1 Å². The highest BCUT2D eigenvalue weighted by Crippen LogP contribution is 2.26. The number of aliphatic carboxylic acids is 1. The number of benzene rings is 2. The normalized spacial score (nSPS) is 15.4. The third-order valence-corrected chi connectivity index (χ3v) is 6.00. The van der Waals surface area contributed by atoms with Crippen molar-refractivity contribution in [2.45, 2.75) is 38.5 Å². The van der Waals surface area contributed by atoms with Crippen molar-refractivity contribution in [2.24, 2.45) is 5.92 Å². The predicted molar refractivity (Wildman–Crippen MR) is 131 cm³/mol. The second-order valence-electron chi connectivity index (χ2n) is 8.07. The summed E-state index contributed by atoms with van der Waals surface area (Å²) in [5.74, 6) is -3.09. The van der Waals surface area contributed by atoms with Gasteiger partial charge in [0.15, 0.2) is 11.7 Å². The molecule has 0 radical (unpaired) electrons. The minimum absolute atomic E-state index is 0.134. The summed E-state index contributed by atoms with van der Waals surface area (Å²) in [5, 5.41) is 11.3. The molecular formula is C25H27BrN2O6. The van der Waals surface area contributed by atoms with Crippen molar-refractivity contribution in [3.05, 3.63) is 53.0 Å². The van der Waals surface area contributed by atoms with Crippen LogP contribution in [0.1, 0.15) is 38.5 Å². The molecule has 1 aliphatic rings. The summed E-state index contributed by atoms with van der Waals surface area (Å²) in [6, 6.07) is 13.7. The van der Waals surface area contributed by atoms with Gasteiger partial charge in [-0.15, -0.1) is 0 Å². The zero-order chi connectivity index (χ0) is 24.5. The first kappa shape index (κ1) is 25.4. The van der Waals surface area contributed by atoms with Crippen molar-refractivity contribution in [3.8, 4) is 5.75 Å². The van der Waals surface area contributed by atoms with Crippen LogP contribution in [-0.2, 0) is 19.2 Å². The smallest absolute Gasteiger partial charge is 0.303 e. The molecule has 1 saturated heterocycles. The van der Waals surface area contributed by atoms with Crippen LogP contribution in [-0.4, -0.2) is 41.8 Å². The number of nitrogens with one attached hydrogen (secondary N) is 1. The Kier molecular flexibility index (Phi) is 9.21. The van der Waals surface area contributed by atoms with Gasteiger partial charge in [0.25, 0.3) is 0 Å². The quantitative estimate of drug-likeness (QED) is 0.310. The van der Waals surface area contributed by atoms with E-state index >= 15 is 0 Å². The molecule has 8 nitrogen and oxygen atoms in total. The van der Waals surface area contributed by atoms with E-state index in [1.165, 1.54) is 4.90 Å². The Labute approximate surface area is 206 Å². The molecule has 0 bridgehead atoms. The number of carbonyl (C=O) groups excluding carboxylic acids is 3. The third kappa shape index (κ3) is 7.15. The van der Waals surface area contributed by atoms with Crippen LogP contribution >= 0.6 is 15.9 Å². The highest BCUT2D eigenvalue weighted by Gasteiger charge is 2.44. The molecule has 0 saturated carbocycles. The number of halogens is 1.